The van der Waals surface area contributed by atoms with E-state index >= 15 is 0 Å². The molecule has 158 valence electrons. The first-order valence-electron chi connectivity index (χ1n) is 11.0. The predicted molar refractivity (Wildman–Crippen MR) is 114 cm³/mol. The van der Waals surface area contributed by atoms with Gasteiger partial charge in [-0.15, -0.1) is 0 Å². The zero-order valence-electron chi connectivity index (χ0n) is 17.7. The number of allylic oxidation sites excluding steroid dienone is 3. The van der Waals surface area contributed by atoms with E-state index in [1.165, 1.54) is 25.7 Å². The standard InChI is InChI=1S/C24H38O4/c1-3-5-7-9-11-15-19-27-23(25)21-17-13-14-18-22(21)24(26)28-20-16-12-10-8-6-4-2/h11-13,15-17,21-22H,3-10,14,18-20H2,1-2H3/b15-11+,16-12+. The first-order valence-corrected chi connectivity index (χ1v) is 11.0. The van der Waals surface area contributed by atoms with Crippen molar-refractivity contribution in [1.82, 2.24) is 0 Å². The van der Waals surface area contributed by atoms with Gasteiger partial charge in [0.15, 0.2) is 0 Å². The number of hydrogen-bond donors (Lipinski definition) is 0. The summed E-state index contributed by atoms with van der Waals surface area (Å²) < 4.78 is 10.7. The minimum absolute atomic E-state index is 0.261. The summed E-state index contributed by atoms with van der Waals surface area (Å²) in [5, 5.41) is 0. The van der Waals surface area contributed by atoms with Crippen LogP contribution in [0.4, 0.5) is 0 Å². The van der Waals surface area contributed by atoms with Gasteiger partial charge in [-0.25, -0.2) is 0 Å². The van der Waals surface area contributed by atoms with Crippen LogP contribution in [0.1, 0.15) is 78.1 Å². The lowest BCUT2D eigenvalue weighted by atomic mass is 9.84. The van der Waals surface area contributed by atoms with Gasteiger partial charge in [-0.05, 0) is 38.5 Å². The second kappa shape index (κ2) is 16.1. The van der Waals surface area contributed by atoms with Crippen molar-refractivity contribution in [3.8, 4) is 0 Å². The van der Waals surface area contributed by atoms with Crippen LogP contribution in [0.2, 0.25) is 0 Å². The number of carbonyl (C=O) groups is 2. The molecule has 1 aliphatic carbocycles. The Morgan fingerprint density at radius 2 is 1.43 bits per heavy atom. The Morgan fingerprint density at radius 3 is 2.00 bits per heavy atom. The summed E-state index contributed by atoms with van der Waals surface area (Å²) >= 11 is 0. The van der Waals surface area contributed by atoms with E-state index in [9.17, 15) is 9.59 Å². The number of ether oxygens (including phenoxy) is 2. The maximum absolute atomic E-state index is 12.4. The smallest absolute Gasteiger partial charge is 0.313 e. The molecule has 4 nitrogen and oxygen atoms in total. The topological polar surface area (TPSA) is 52.6 Å². The molecule has 0 heterocycles. The summed E-state index contributed by atoms with van der Waals surface area (Å²) in [6, 6.07) is 0. The fourth-order valence-electron chi connectivity index (χ4n) is 3.20. The Kier molecular flexibility index (Phi) is 14.0. The van der Waals surface area contributed by atoms with E-state index in [-0.39, 0.29) is 25.2 Å². The molecule has 2 unspecified atom stereocenters. The SMILES string of the molecule is CCCCC/C=C/COC(=O)C1C=CCCC1C(=O)OC/C=C/CCCCC. The molecule has 1 aliphatic rings. The van der Waals surface area contributed by atoms with Gasteiger partial charge in [-0.1, -0.05) is 76.0 Å². The highest BCUT2D eigenvalue weighted by molar-refractivity contribution is 5.84. The fourth-order valence-corrected chi connectivity index (χ4v) is 3.20. The normalized spacial score (nSPS) is 19.4. The van der Waals surface area contributed by atoms with Crippen molar-refractivity contribution in [3.63, 3.8) is 0 Å². The molecule has 0 aromatic heterocycles. The second-order valence-electron chi connectivity index (χ2n) is 7.33. The van der Waals surface area contributed by atoms with Gasteiger partial charge < -0.3 is 9.47 Å². The van der Waals surface area contributed by atoms with Crippen LogP contribution in [-0.4, -0.2) is 25.2 Å². The lowest BCUT2D eigenvalue weighted by Crippen LogP contribution is -2.33. The summed E-state index contributed by atoms with van der Waals surface area (Å²) in [5.41, 5.74) is 0. The average molecular weight is 391 g/mol. The molecule has 0 fully saturated rings. The molecule has 0 saturated carbocycles. The average Bonchev–Trinajstić information content (AvgIpc) is 2.72. The van der Waals surface area contributed by atoms with Crippen LogP contribution in [0.5, 0.6) is 0 Å². The van der Waals surface area contributed by atoms with Gasteiger partial charge in [0.25, 0.3) is 0 Å². The molecule has 4 heteroatoms. The molecule has 0 aromatic rings. The maximum Gasteiger partial charge on any atom is 0.313 e. The summed E-state index contributed by atoms with van der Waals surface area (Å²) in [6.07, 6.45) is 22.2. The molecule has 1 rings (SSSR count). The highest BCUT2D eigenvalue weighted by Crippen LogP contribution is 2.27. The Bertz CT molecular complexity index is 519. The molecule has 0 spiro atoms. The maximum atomic E-state index is 12.4. The molecule has 28 heavy (non-hydrogen) atoms. The monoisotopic (exact) mass is 390 g/mol. The molecule has 0 N–H and O–H groups in total. The molecule has 0 aromatic carbocycles. The molecule has 0 amide bonds. The van der Waals surface area contributed by atoms with Gasteiger partial charge in [0.1, 0.15) is 13.2 Å². The highest BCUT2D eigenvalue weighted by Gasteiger charge is 2.35. The molecule has 0 aliphatic heterocycles. The van der Waals surface area contributed by atoms with Crippen LogP contribution in [0.25, 0.3) is 0 Å². The van der Waals surface area contributed by atoms with Crippen LogP contribution in [-0.2, 0) is 19.1 Å². The van der Waals surface area contributed by atoms with Crippen molar-refractivity contribution in [2.45, 2.75) is 78.1 Å². The minimum Gasteiger partial charge on any atom is -0.461 e. The minimum atomic E-state index is -0.539. The van der Waals surface area contributed by atoms with Crippen molar-refractivity contribution in [1.29, 1.82) is 0 Å². The van der Waals surface area contributed by atoms with Gasteiger partial charge >= 0.3 is 11.9 Å². The lowest BCUT2D eigenvalue weighted by molar-refractivity contribution is -0.158. The molecule has 0 bridgehead atoms. The van der Waals surface area contributed by atoms with Crippen LogP contribution < -0.4 is 0 Å². The molecular weight excluding hydrogens is 352 g/mol. The number of esters is 2. The van der Waals surface area contributed by atoms with E-state index < -0.39 is 11.8 Å². The first kappa shape index (κ1) is 24.2. The van der Waals surface area contributed by atoms with Crippen LogP contribution in [0, 0.1) is 11.8 Å². The zero-order chi connectivity index (χ0) is 20.5. The van der Waals surface area contributed by atoms with Crippen molar-refractivity contribution < 1.29 is 19.1 Å². The number of unbranched alkanes of at least 4 members (excludes halogenated alkanes) is 6. The number of hydrogen-bond acceptors (Lipinski definition) is 4. The Hall–Kier alpha value is -1.84. The van der Waals surface area contributed by atoms with Crippen LogP contribution >= 0.6 is 0 Å². The van der Waals surface area contributed by atoms with Crippen molar-refractivity contribution in [3.05, 3.63) is 36.5 Å². The first-order chi connectivity index (χ1) is 13.7. The van der Waals surface area contributed by atoms with E-state index in [1.807, 2.05) is 18.2 Å². The zero-order valence-corrected chi connectivity index (χ0v) is 17.7. The third-order valence-electron chi connectivity index (χ3n) is 4.92. The van der Waals surface area contributed by atoms with Gasteiger partial charge in [-0.2, -0.15) is 0 Å². The fraction of sp³-hybridized carbons (Fsp3) is 0.667. The number of rotatable bonds is 14. The van der Waals surface area contributed by atoms with E-state index in [4.69, 9.17) is 9.47 Å². The van der Waals surface area contributed by atoms with Crippen molar-refractivity contribution >= 4 is 11.9 Å². The number of carbonyl (C=O) groups excluding carboxylic acids is 2. The molecule has 0 radical (unpaired) electrons. The summed E-state index contributed by atoms with van der Waals surface area (Å²) in [5.74, 6) is -1.63. The van der Waals surface area contributed by atoms with Gasteiger partial charge in [0.2, 0.25) is 0 Å². The summed E-state index contributed by atoms with van der Waals surface area (Å²) in [6.45, 7) is 4.88. The predicted octanol–water partition coefficient (Wildman–Crippen LogP) is 5.93. The van der Waals surface area contributed by atoms with E-state index in [2.05, 4.69) is 26.0 Å². The Balaban J connectivity index is 2.36. The Labute approximate surface area is 171 Å². The quantitative estimate of drug-likeness (QED) is 0.210. The lowest BCUT2D eigenvalue weighted by Gasteiger charge is -2.24. The van der Waals surface area contributed by atoms with E-state index in [0.29, 0.717) is 6.42 Å². The van der Waals surface area contributed by atoms with Crippen LogP contribution in [0.3, 0.4) is 0 Å². The van der Waals surface area contributed by atoms with Crippen molar-refractivity contribution in [2.75, 3.05) is 13.2 Å². The van der Waals surface area contributed by atoms with Crippen LogP contribution in [0.15, 0.2) is 36.5 Å². The second-order valence-corrected chi connectivity index (χ2v) is 7.33. The highest BCUT2D eigenvalue weighted by atomic mass is 16.5. The molecule has 2 atom stereocenters. The van der Waals surface area contributed by atoms with Gasteiger partial charge in [0, 0.05) is 0 Å². The van der Waals surface area contributed by atoms with Gasteiger partial charge in [-0.3, -0.25) is 9.59 Å². The van der Waals surface area contributed by atoms with Crippen molar-refractivity contribution in [2.24, 2.45) is 11.8 Å². The molecule has 0 saturated heterocycles. The third-order valence-corrected chi connectivity index (χ3v) is 4.92. The summed E-state index contributed by atoms with van der Waals surface area (Å²) in [7, 11) is 0. The summed E-state index contributed by atoms with van der Waals surface area (Å²) in [4.78, 5) is 24.8. The molecular formula is C24H38O4. The largest absolute Gasteiger partial charge is 0.461 e. The van der Waals surface area contributed by atoms with Gasteiger partial charge in [0.05, 0.1) is 11.8 Å². The third kappa shape index (κ3) is 10.5. The van der Waals surface area contributed by atoms with E-state index in [1.54, 1.807) is 6.08 Å². The Morgan fingerprint density at radius 1 is 0.857 bits per heavy atom. The van der Waals surface area contributed by atoms with E-state index in [0.717, 1.165) is 32.1 Å².